The first-order valence-corrected chi connectivity index (χ1v) is 16.4. The third-order valence-electron chi connectivity index (χ3n) is 10.3. The van der Waals surface area contributed by atoms with Gasteiger partial charge in [0.2, 0.25) is 17.7 Å². The van der Waals surface area contributed by atoms with E-state index in [4.69, 9.17) is 0 Å². The van der Waals surface area contributed by atoms with Gasteiger partial charge in [0.15, 0.2) is 0 Å². The van der Waals surface area contributed by atoms with Gasteiger partial charge in [-0.05, 0) is 24.3 Å². The Morgan fingerprint density at radius 2 is 1.76 bits per heavy atom. The van der Waals surface area contributed by atoms with Gasteiger partial charge in [0.25, 0.3) is 0 Å². The fourth-order valence-corrected chi connectivity index (χ4v) is 9.98. The predicted molar refractivity (Wildman–Crippen MR) is 161 cm³/mol. The minimum absolute atomic E-state index is 0.0129. The molecule has 1 N–H and O–H groups in total. The highest BCUT2D eigenvalue weighted by molar-refractivity contribution is 8.02. The topological polar surface area (TPSA) is 81.2 Å². The molecule has 0 aromatic heterocycles. The molecule has 1 aromatic carbocycles. The molecule has 8 heteroatoms. The molecule has 220 valence electrons. The molecule has 1 spiro atoms. The monoisotopic (exact) mass is 577 g/mol. The molecule has 1 unspecified atom stereocenters. The number of hydrogen-bond acceptors (Lipinski definition) is 5. The van der Waals surface area contributed by atoms with Gasteiger partial charge in [-0.15, -0.1) is 11.8 Å². The van der Waals surface area contributed by atoms with Crippen LogP contribution in [-0.4, -0.2) is 85.3 Å². The maximum atomic E-state index is 14.7. The number of benzene rings is 1. The molecule has 4 heterocycles. The van der Waals surface area contributed by atoms with Crippen LogP contribution in [0.15, 0.2) is 54.6 Å². The zero-order chi connectivity index (χ0) is 28.7. The molecule has 4 aliphatic heterocycles. The number of rotatable bonds is 7. The lowest BCUT2D eigenvalue weighted by Gasteiger charge is -2.42. The first-order valence-electron chi connectivity index (χ1n) is 15.5. The Labute approximate surface area is 248 Å². The number of amides is 3. The smallest absolute Gasteiger partial charge is 0.247 e. The van der Waals surface area contributed by atoms with E-state index in [-0.39, 0.29) is 41.5 Å². The number of aliphatic hydroxyl groups excluding tert-OH is 1. The van der Waals surface area contributed by atoms with Crippen molar-refractivity contribution in [2.24, 2.45) is 17.8 Å². The minimum Gasteiger partial charge on any atom is -0.394 e. The quantitative estimate of drug-likeness (QED) is 0.496. The lowest BCUT2D eigenvalue weighted by Crippen LogP contribution is -2.59. The molecule has 7 nitrogen and oxygen atoms in total. The highest BCUT2D eigenvalue weighted by atomic mass is 32.2. The Hall–Kier alpha value is -2.58. The molecule has 3 fully saturated rings. The number of hydrogen-bond donors (Lipinski definition) is 1. The average molecular weight is 578 g/mol. The van der Waals surface area contributed by atoms with Crippen molar-refractivity contribution in [1.82, 2.24) is 14.7 Å². The van der Waals surface area contributed by atoms with E-state index in [1.807, 2.05) is 47.1 Å². The van der Waals surface area contributed by atoms with E-state index in [2.05, 4.69) is 31.2 Å². The van der Waals surface area contributed by atoms with Crippen molar-refractivity contribution in [2.75, 3.05) is 19.7 Å². The van der Waals surface area contributed by atoms with Crippen LogP contribution in [0.3, 0.4) is 0 Å². The summed E-state index contributed by atoms with van der Waals surface area (Å²) in [6.07, 6.45) is 14.5. The Morgan fingerprint density at radius 1 is 1.00 bits per heavy atom. The van der Waals surface area contributed by atoms with Gasteiger partial charge in [-0.3, -0.25) is 14.4 Å². The second kappa shape index (κ2) is 11.6. The van der Waals surface area contributed by atoms with E-state index in [1.54, 1.807) is 16.7 Å². The summed E-state index contributed by atoms with van der Waals surface area (Å²) in [5.74, 6) is -1.38. The molecule has 0 radical (unpaired) electrons. The summed E-state index contributed by atoms with van der Waals surface area (Å²) in [7, 11) is 0. The number of likely N-dealkylation sites (tertiary alicyclic amines) is 1. The maximum absolute atomic E-state index is 14.7. The summed E-state index contributed by atoms with van der Waals surface area (Å²) in [5.41, 5.74) is 1.05. The van der Waals surface area contributed by atoms with Crippen LogP contribution in [0.1, 0.15) is 57.9 Å². The Balaban J connectivity index is 1.41. The number of thioether (sulfide) groups is 1. The molecule has 41 heavy (non-hydrogen) atoms. The molecule has 3 amide bonds. The first-order chi connectivity index (χ1) is 19.9. The standard InChI is InChI=1S/C33H43N3O4S/c1-3-22(2)25(21-37)36-29-32(40)35(24-14-8-5-9-15-24)19-11-17-33(29)28(31(36)39)27-26(41-33)16-10-18-34(30(27)38)20-23-12-6-4-7-13-23/h4,6-7,10-13,16-17,22,24-29,37H,3,5,8-9,14-15,18-21H2,1-2H3/t22-,25-,26+,27-,28-,29?,33-/m0/s1. The normalized spacial score (nSPS) is 33.3. The second-order valence-corrected chi connectivity index (χ2v) is 14.0. The molecule has 2 saturated heterocycles. The molecular formula is C33H43N3O4S. The van der Waals surface area contributed by atoms with Gasteiger partial charge in [0, 0.05) is 30.9 Å². The summed E-state index contributed by atoms with van der Waals surface area (Å²) in [5, 5.41) is 10.5. The van der Waals surface area contributed by atoms with Gasteiger partial charge >= 0.3 is 0 Å². The average Bonchev–Trinajstić information content (AvgIpc) is 3.31. The molecule has 7 atom stereocenters. The van der Waals surface area contributed by atoms with E-state index >= 15 is 0 Å². The molecule has 5 aliphatic rings. The highest BCUT2D eigenvalue weighted by Gasteiger charge is 2.72. The van der Waals surface area contributed by atoms with Crippen LogP contribution in [-0.2, 0) is 20.9 Å². The summed E-state index contributed by atoms with van der Waals surface area (Å²) in [4.78, 5) is 49.3. The molecule has 0 bridgehead atoms. The molecule has 1 aliphatic carbocycles. The van der Waals surface area contributed by atoms with Crippen LogP contribution in [0.25, 0.3) is 0 Å². The SMILES string of the molecule is CC[C@H](C)[C@H](CO)N1C(=O)[C@@H]2[C@H]3C(=O)N(Cc4ccccc4)CC=C[C@H]3S[C@@]23C=CCN(C2CCCCC2)C(=O)C13. The molecule has 1 aromatic rings. The fraction of sp³-hybridized carbons (Fsp3) is 0.606. The van der Waals surface area contributed by atoms with E-state index in [0.29, 0.717) is 19.6 Å². The van der Waals surface area contributed by atoms with Gasteiger partial charge in [0.1, 0.15) is 6.04 Å². The van der Waals surface area contributed by atoms with Crippen LogP contribution in [0.5, 0.6) is 0 Å². The minimum atomic E-state index is -0.844. The van der Waals surface area contributed by atoms with E-state index in [9.17, 15) is 19.5 Å². The third kappa shape index (κ3) is 4.75. The van der Waals surface area contributed by atoms with Crippen molar-refractivity contribution in [3.05, 3.63) is 60.2 Å². The Morgan fingerprint density at radius 3 is 2.46 bits per heavy atom. The van der Waals surface area contributed by atoms with Gasteiger partial charge in [0.05, 0.1) is 29.2 Å². The van der Waals surface area contributed by atoms with E-state index in [0.717, 1.165) is 37.7 Å². The second-order valence-electron chi connectivity index (χ2n) is 12.5. The number of carbonyl (C=O) groups excluding carboxylic acids is 3. The van der Waals surface area contributed by atoms with Crippen LogP contribution in [0.2, 0.25) is 0 Å². The van der Waals surface area contributed by atoms with Crippen molar-refractivity contribution in [2.45, 2.75) is 87.0 Å². The van der Waals surface area contributed by atoms with Crippen molar-refractivity contribution >= 4 is 29.5 Å². The van der Waals surface area contributed by atoms with Crippen molar-refractivity contribution in [3.8, 4) is 0 Å². The van der Waals surface area contributed by atoms with Crippen molar-refractivity contribution < 1.29 is 19.5 Å². The summed E-state index contributed by atoms with van der Waals surface area (Å²) in [6, 6.07) is 8.93. The van der Waals surface area contributed by atoms with E-state index < -0.39 is 28.7 Å². The Bertz CT molecular complexity index is 1210. The summed E-state index contributed by atoms with van der Waals surface area (Å²) < 4.78 is -0.844. The van der Waals surface area contributed by atoms with Crippen molar-refractivity contribution in [3.63, 3.8) is 0 Å². The third-order valence-corrected chi connectivity index (χ3v) is 12.0. The predicted octanol–water partition coefficient (Wildman–Crippen LogP) is 4.02. The number of nitrogens with zero attached hydrogens (tertiary/aromatic N) is 3. The van der Waals surface area contributed by atoms with Crippen LogP contribution in [0, 0.1) is 17.8 Å². The zero-order valence-electron chi connectivity index (χ0n) is 24.2. The summed E-state index contributed by atoms with van der Waals surface area (Å²) >= 11 is 1.63. The number of fused-ring (bicyclic) bond motifs is 2. The van der Waals surface area contributed by atoms with E-state index in [1.165, 1.54) is 6.42 Å². The lowest BCUT2D eigenvalue weighted by molar-refractivity contribution is -0.149. The van der Waals surface area contributed by atoms with Gasteiger partial charge in [-0.25, -0.2) is 0 Å². The van der Waals surface area contributed by atoms with Crippen LogP contribution in [0.4, 0.5) is 0 Å². The van der Waals surface area contributed by atoms with Crippen molar-refractivity contribution in [1.29, 1.82) is 0 Å². The zero-order valence-corrected chi connectivity index (χ0v) is 25.0. The van der Waals surface area contributed by atoms with Gasteiger partial charge in [-0.1, -0.05) is 94.2 Å². The summed E-state index contributed by atoms with van der Waals surface area (Å²) in [6.45, 7) is 5.41. The molecule has 6 rings (SSSR count). The lowest BCUT2D eigenvalue weighted by atomic mass is 9.78. The van der Waals surface area contributed by atoms with Crippen LogP contribution < -0.4 is 0 Å². The number of aliphatic hydroxyl groups is 1. The van der Waals surface area contributed by atoms with Crippen LogP contribution >= 0.6 is 11.8 Å². The largest absolute Gasteiger partial charge is 0.394 e. The maximum Gasteiger partial charge on any atom is 0.247 e. The fourth-order valence-electron chi connectivity index (χ4n) is 7.98. The van der Waals surface area contributed by atoms with Gasteiger partial charge in [-0.2, -0.15) is 0 Å². The number of carbonyl (C=O) groups is 3. The van der Waals surface area contributed by atoms with Gasteiger partial charge < -0.3 is 19.8 Å². The Kier molecular flexibility index (Phi) is 8.07. The highest BCUT2D eigenvalue weighted by Crippen LogP contribution is 2.61. The molecular weight excluding hydrogens is 534 g/mol. The molecule has 1 saturated carbocycles. The first kappa shape index (κ1) is 28.5.